The van der Waals surface area contributed by atoms with Gasteiger partial charge in [-0.2, -0.15) is 8.78 Å². The third-order valence-electron chi connectivity index (χ3n) is 3.00. The molecule has 0 bridgehead atoms. The van der Waals surface area contributed by atoms with E-state index in [1.165, 1.54) is 6.07 Å². The van der Waals surface area contributed by atoms with Crippen LogP contribution in [0.15, 0.2) is 48.5 Å². The molecule has 0 amide bonds. The Morgan fingerprint density at radius 2 is 1.86 bits per heavy atom. The molecule has 0 aliphatic heterocycles. The van der Waals surface area contributed by atoms with Gasteiger partial charge in [0.25, 0.3) is 0 Å². The second kappa shape index (κ2) is 7.04. The summed E-state index contributed by atoms with van der Waals surface area (Å²) >= 11 is 0. The quantitative estimate of drug-likeness (QED) is 0.882. The molecule has 3 nitrogen and oxygen atoms in total. The predicted octanol–water partition coefficient (Wildman–Crippen LogP) is 3.73. The molecule has 21 heavy (non-hydrogen) atoms. The summed E-state index contributed by atoms with van der Waals surface area (Å²) in [4.78, 5) is 0. The molecule has 0 heterocycles. The van der Waals surface area contributed by atoms with Crippen LogP contribution in [0.3, 0.4) is 0 Å². The van der Waals surface area contributed by atoms with Gasteiger partial charge < -0.3 is 15.2 Å². The van der Waals surface area contributed by atoms with Gasteiger partial charge in [-0.1, -0.05) is 30.3 Å². The summed E-state index contributed by atoms with van der Waals surface area (Å²) < 4.78 is 34.8. The van der Waals surface area contributed by atoms with Gasteiger partial charge in [-0.3, -0.25) is 0 Å². The summed E-state index contributed by atoms with van der Waals surface area (Å²) in [7, 11) is 0. The molecule has 5 heteroatoms. The van der Waals surface area contributed by atoms with Gasteiger partial charge in [-0.05, 0) is 30.7 Å². The van der Waals surface area contributed by atoms with Crippen molar-refractivity contribution in [2.75, 3.05) is 6.61 Å². The molecule has 0 aliphatic carbocycles. The third-order valence-corrected chi connectivity index (χ3v) is 3.00. The summed E-state index contributed by atoms with van der Waals surface area (Å²) in [5.74, 6) is 0.777. The van der Waals surface area contributed by atoms with E-state index in [1.807, 2.05) is 25.1 Å². The van der Waals surface area contributed by atoms with Crippen LogP contribution >= 0.6 is 0 Å². The Bertz CT molecular complexity index is 590. The highest BCUT2D eigenvalue weighted by molar-refractivity contribution is 5.43. The Morgan fingerprint density at radius 3 is 2.57 bits per heavy atom. The van der Waals surface area contributed by atoms with E-state index < -0.39 is 12.7 Å². The lowest BCUT2D eigenvalue weighted by atomic mass is 9.98. The largest absolute Gasteiger partial charge is 0.494 e. The number of halogens is 2. The molecule has 0 spiro atoms. The molecule has 0 aliphatic rings. The van der Waals surface area contributed by atoms with Gasteiger partial charge in [0.2, 0.25) is 0 Å². The van der Waals surface area contributed by atoms with Gasteiger partial charge in [0.15, 0.2) is 0 Å². The number of para-hydroxylation sites is 1. The van der Waals surface area contributed by atoms with E-state index in [9.17, 15) is 8.78 Å². The maximum absolute atomic E-state index is 12.4. The molecule has 1 atom stereocenters. The lowest BCUT2D eigenvalue weighted by molar-refractivity contribution is -0.0505. The Morgan fingerprint density at radius 1 is 1.10 bits per heavy atom. The van der Waals surface area contributed by atoms with Crippen LogP contribution in [-0.2, 0) is 0 Å². The van der Waals surface area contributed by atoms with Crippen molar-refractivity contribution in [1.82, 2.24) is 0 Å². The van der Waals surface area contributed by atoms with Gasteiger partial charge in [-0.15, -0.1) is 0 Å². The first-order valence-corrected chi connectivity index (χ1v) is 6.64. The Hall–Kier alpha value is -2.14. The van der Waals surface area contributed by atoms with Crippen LogP contribution in [-0.4, -0.2) is 13.2 Å². The predicted molar refractivity (Wildman–Crippen MR) is 76.7 cm³/mol. The van der Waals surface area contributed by atoms with E-state index >= 15 is 0 Å². The number of benzene rings is 2. The van der Waals surface area contributed by atoms with Crippen LogP contribution in [0.5, 0.6) is 11.5 Å². The van der Waals surface area contributed by atoms with Gasteiger partial charge >= 0.3 is 6.61 Å². The highest BCUT2D eigenvalue weighted by Crippen LogP contribution is 2.30. The van der Waals surface area contributed by atoms with Crippen molar-refractivity contribution in [3.8, 4) is 11.5 Å². The lowest BCUT2D eigenvalue weighted by Gasteiger charge is -2.17. The molecule has 0 saturated heterocycles. The summed E-state index contributed by atoms with van der Waals surface area (Å²) in [6.07, 6.45) is 0. The van der Waals surface area contributed by atoms with E-state index in [-0.39, 0.29) is 5.75 Å². The standard InChI is InChI=1S/C16H17F2NO2/c1-2-20-12-7-5-6-11(10-12)15(19)13-8-3-4-9-14(13)21-16(17)18/h3-10,15-16H,2,19H2,1H3. The van der Waals surface area contributed by atoms with Crippen LogP contribution in [0.2, 0.25) is 0 Å². The van der Waals surface area contributed by atoms with Crippen LogP contribution < -0.4 is 15.2 Å². The van der Waals surface area contributed by atoms with Gasteiger partial charge in [0, 0.05) is 5.56 Å². The minimum absolute atomic E-state index is 0.0850. The molecule has 0 aromatic heterocycles. The minimum Gasteiger partial charge on any atom is -0.494 e. The fourth-order valence-corrected chi connectivity index (χ4v) is 2.08. The monoisotopic (exact) mass is 293 g/mol. The average molecular weight is 293 g/mol. The van der Waals surface area contributed by atoms with Crippen molar-refractivity contribution in [1.29, 1.82) is 0 Å². The fraction of sp³-hybridized carbons (Fsp3) is 0.250. The van der Waals surface area contributed by atoms with Crippen molar-refractivity contribution in [3.05, 3.63) is 59.7 Å². The second-order valence-electron chi connectivity index (χ2n) is 4.40. The number of hydrogen-bond acceptors (Lipinski definition) is 3. The zero-order valence-corrected chi connectivity index (χ0v) is 11.6. The van der Waals surface area contributed by atoms with Gasteiger partial charge in [-0.25, -0.2) is 0 Å². The molecule has 112 valence electrons. The van der Waals surface area contributed by atoms with Crippen molar-refractivity contribution < 1.29 is 18.3 Å². The summed E-state index contributed by atoms with van der Waals surface area (Å²) in [5, 5.41) is 0. The number of ether oxygens (including phenoxy) is 2. The second-order valence-corrected chi connectivity index (χ2v) is 4.40. The molecule has 0 fully saturated rings. The lowest BCUT2D eigenvalue weighted by Crippen LogP contribution is -2.15. The van der Waals surface area contributed by atoms with Crippen molar-refractivity contribution >= 4 is 0 Å². The van der Waals surface area contributed by atoms with Crippen molar-refractivity contribution in [3.63, 3.8) is 0 Å². The number of rotatable bonds is 6. The Kier molecular flexibility index (Phi) is 5.11. The highest BCUT2D eigenvalue weighted by atomic mass is 19.3. The van der Waals surface area contributed by atoms with Gasteiger partial charge in [0.05, 0.1) is 12.6 Å². The molecule has 2 rings (SSSR count). The van der Waals surface area contributed by atoms with Crippen LogP contribution in [0.1, 0.15) is 24.1 Å². The van der Waals surface area contributed by atoms with E-state index in [0.29, 0.717) is 17.9 Å². The maximum atomic E-state index is 12.4. The first kappa shape index (κ1) is 15.3. The first-order valence-electron chi connectivity index (χ1n) is 6.64. The molecule has 2 aromatic rings. The van der Waals surface area contributed by atoms with Crippen LogP contribution in [0, 0.1) is 0 Å². The molecule has 0 saturated carbocycles. The third kappa shape index (κ3) is 3.92. The Labute approximate surface area is 122 Å². The first-order chi connectivity index (χ1) is 10.1. The molecule has 2 N–H and O–H groups in total. The van der Waals surface area contributed by atoms with Crippen LogP contribution in [0.25, 0.3) is 0 Å². The minimum atomic E-state index is -2.88. The molecular formula is C16H17F2NO2. The molecule has 0 radical (unpaired) electrons. The zero-order chi connectivity index (χ0) is 15.2. The summed E-state index contributed by atoms with van der Waals surface area (Å²) in [6.45, 7) is -0.449. The summed E-state index contributed by atoms with van der Waals surface area (Å²) in [6, 6.07) is 13.2. The van der Waals surface area contributed by atoms with Gasteiger partial charge in [0.1, 0.15) is 11.5 Å². The van der Waals surface area contributed by atoms with Crippen LogP contribution in [0.4, 0.5) is 8.78 Å². The van der Waals surface area contributed by atoms with E-state index in [0.717, 1.165) is 5.56 Å². The van der Waals surface area contributed by atoms with Crippen molar-refractivity contribution in [2.24, 2.45) is 5.73 Å². The van der Waals surface area contributed by atoms with E-state index in [4.69, 9.17) is 10.5 Å². The molecular weight excluding hydrogens is 276 g/mol. The number of alkyl halides is 2. The number of hydrogen-bond donors (Lipinski definition) is 1. The fourth-order valence-electron chi connectivity index (χ4n) is 2.08. The average Bonchev–Trinajstić information content (AvgIpc) is 2.47. The molecule has 1 unspecified atom stereocenters. The smallest absolute Gasteiger partial charge is 0.387 e. The number of nitrogens with two attached hydrogens (primary N) is 1. The van der Waals surface area contributed by atoms with E-state index in [2.05, 4.69) is 4.74 Å². The SMILES string of the molecule is CCOc1cccc(C(N)c2ccccc2OC(F)F)c1. The zero-order valence-electron chi connectivity index (χ0n) is 11.6. The Balaban J connectivity index is 2.31. The normalized spacial score (nSPS) is 12.2. The highest BCUT2D eigenvalue weighted by Gasteiger charge is 2.16. The van der Waals surface area contributed by atoms with Crippen molar-refractivity contribution in [2.45, 2.75) is 19.6 Å². The topological polar surface area (TPSA) is 44.5 Å². The maximum Gasteiger partial charge on any atom is 0.387 e. The van der Waals surface area contributed by atoms with E-state index in [1.54, 1.807) is 24.3 Å². The molecule has 2 aromatic carbocycles. The summed E-state index contributed by atoms with van der Waals surface area (Å²) in [5.41, 5.74) is 7.45.